The van der Waals surface area contributed by atoms with Gasteiger partial charge in [-0.05, 0) is 12.1 Å². The molecule has 2 heterocycles. The van der Waals surface area contributed by atoms with Crippen LogP contribution in [0.25, 0.3) is 17.0 Å². The molecule has 0 saturated carbocycles. The Kier molecular flexibility index (Phi) is 2.26. The van der Waals surface area contributed by atoms with Crippen LogP contribution in [0.15, 0.2) is 48.8 Å². The molecular formula is C12H8N4O2. The number of imidazole rings is 1. The number of benzene rings is 1. The zero-order valence-corrected chi connectivity index (χ0v) is 9.22. The predicted molar refractivity (Wildman–Crippen MR) is 63.2 cm³/mol. The number of hydrogen-bond acceptors (Lipinski definition) is 3. The first-order chi connectivity index (χ1) is 8.74. The molecule has 2 aromatic heterocycles. The second-order valence-electron chi connectivity index (χ2n) is 3.73. The molecule has 0 aliphatic carbocycles. The summed E-state index contributed by atoms with van der Waals surface area (Å²) in [6.45, 7) is 0. The summed E-state index contributed by atoms with van der Waals surface area (Å²) in [6.07, 6.45) is 3.15. The first-order valence-corrected chi connectivity index (χ1v) is 5.29. The zero-order chi connectivity index (χ0) is 12.5. The summed E-state index contributed by atoms with van der Waals surface area (Å²) in [7, 11) is 0. The Bertz CT molecular complexity index is 685. The van der Waals surface area contributed by atoms with Gasteiger partial charge in [0.15, 0.2) is 0 Å². The smallest absolute Gasteiger partial charge is 0.272 e. The monoisotopic (exact) mass is 240 g/mol. The van der Waals surface area contributed by atoms with Gasteiger partial charge in [-0.15, -0.1) is 0 Å². The van der Waals surface area contributed by atoms with Crippen molar-refractivity contribution in [2.45, 2.75) is 0 Å². The van der Waals surface area contributed by atoms with E-state index in [1.54, 1.807) is 17.0 Å². The lowest BCUT2D eigenvalue weighted by molar-refractivity contribution is -0.604. The van der Waals surface area contributed by atoms with Crippen LogP contribution >= 0.6 is 0 Å². The number of hydrogen-bond donors (Lipinski definition) is 0. The fourth-order valence-corrected chi connectivity index (χ4v) is 1.68. The molecule has 6 nitrogen and oxygen atoms in total. The van der Waals surface area contributed by atoms with Crippen molar-refractivity contribution in [3.8, 4) is 5.95 Å². The highest BCUT2D eigenvalue weighted by atomic mass is 16.6. The maximum Gasteiger partial charge on any atom is 0.272 e. The van der Waals surface area contributed by atoms with Crippen LogP contribution in [0, 0.1) is 10.1 Å². The molecule has 0 amide bonds. The number of fused-ring (bicyclic) bond motifs is 1. The second kappa shape index (κ2) is 3.92. The molecule has 0 atom stereocenters. The van der Waals surface area contributed by atoms with Gasteiger partial charge in [0.1, 0.15) is 0 Å². The van der Waals surface area contributed by atoms with Gasteiger partial charge in [0.05, 0.1) is 16.0 Å². The minimum atomic E-state index is -0.438. The molecule has 88 valence electrons. The van der Waals surface area contributed by atoms with Gasteiger partial charge < -0.3 is 0 Å². The van der Waals surface area contributed by atoms with Crippen LogP contribution in [0.5, 0.6) is 0 Å². The van der Waals surface area contributed by atoms with E-state index in [1.807, 2.05) is 24.3 Å². The minimum absolute atomic E-state index is 0.0439. The van der Waals surface area contributed by atoms with Crippen molar-refractivity contribution >= 4 is 16.7 Å². The molecule has 3 aromatic rings. The highest BCUT2D eigenvalue weighted by Crippen LogP contribution is 2.10. The predicted octanol–water partition coefficient (Wildman–Crippen LogP) is 1.38. The van der Waals surface area contributed by atoms with E-state index in [4.69, 9.17) is 0 Å². The van der Waals surface area contributed by atoms with Crippen molar-refractivity contribution in [3.63, 3.8) is 0 Å². The van der Waals surface area contributed by atoms with E-state index in [9.17, 15) is 10.1 Å². The van der Waals surface area contributed by atoms with Crippen LogP contribution in [0.3, 0.4) is 0 Å². The van der Waals surface area contributed by atoms with Crippen LogP contribution in [0.4, 0.5) is 5.69 Å². The average molecular weight is 240 g/mol. The number of nitrogens with zero attached hydrogens (tertiary/aromatic N) is 4. The van der Waals surface area contributed by atoms with Crippen molar-refractivity contribution < 1.29 is 9.49 Å². The number of nitro groups is 1. The summed E-state index contributed by atoms with van der Waals surface area (Å²) in [6, 6.07) is 10.4. The molecule has 1 aromatic carbocycles. The Hall–Kier alpha value is -2.76. The molecule has 0 N–H and O–H groups in total. The Morgan fingerprint density at radius 1 is 1.17 bits per heavy atom. The van der Waals surface area contributed by atoms with E-state index < -0.39 is 4.92 Å². The number of para-hydroxylation sites is 2. The van der Waals surface area contributed by atoms with E-state index in [-0.39, 0.29) is 5.69 Å². The van der Waals surface area contributed by atoms with Crippen LogP contribution in [-0.2, 0) is 0 Å². The van der Waals surface area contributed by atoms with Gasteiger partial charge in [0, 0.05) is 24.5 Å². The summed E-state index contributed by atoms with van der Waals surface area (Å²) < 4.78 is 1.65. The fourth-order valence-electron chi connectivity index (χ4n) is 1.68. The fraction of sp³-hybridized carbons (Fsp3) is 0. The topological polar surface area (TPSA) is 74.0 Å². The molecule has 6 heteroatoms. The molecular weight excluding hydrogens is 232 g/mol. The standard InChI is InChI=1S/C12H8N4O2/c17-16(18)9-5-7-15(8-6-9)12-13-10-3-1-2-4-11(10)14-12/h1-8H. The lowest BCUT2D eigenvalue weighted by Gasteiger charge is -1.99. The normalized spacial score (nSPS) is 10.7. The number of rotatable bonds is 2. The largest absolute Gasteiger partial charge is 0.292 e. The lowest BCUT2D eigenvalue weighted by Crippen LogP contribution is -2.31. The summed E-state index contributed by atoms with van der Waals surface area (Å²) in [5.74, 6) is 0.506. The second-order valence-corrected chi connectivity index (χ2v) is 3.73. The van der Waals surface area contributed by atoms with E-state index in [0.29, 0.717) is 5.95 Å². The van der Waals surface area contributed by atoms with Gasteiger partial charge in [-0.2, -0.15) is 0 Å². The van der Waals surface area contributed by atoms with Crippen LogP contribution in [-0.4, -0.2) is 9.91 Å². The Balaban J connectivity index is 2.06. The average Bonchev–Trinajstić information content (AvgIpc) is 2.82. The van der Waals surface area contributed by atoms with Crippen molar-refractivity contribution in [2.75, 3.05) is 0 Å². The molecule has 0 fully saturated rings. The molecule has 0 spiro atoms. The summed E-state index contributed by atoms with van der Waals surface area (Å²) in [5, 5.41) is 10.6. The first kappa shape index (κ1) is 10.4. The van der Waals surface area contributed by atoms with Crippen LogP contribution in [0.2, 0.25) is 0 Å². The zero-order valence-electron chi connectivity index (χ0n) is 9.22. The minimum Gasteiger partial charge on any atom is -0.292 e. The first-order valence-electron chi connectivity index (χ1n) is 5.29. The Morgan fingerprint density at radius 2 is 1.89 bits per heavy atom. The maximum atomic E-state index is 10.6. The molecule has 3 rings (SSSR count). The van der Waals surface area contributed by atoms with Gasteiger partial charge in [0.25, 0.3) is 5.69 Å². The van der Waals surface area contributed by atoms with Gasteiger partial charge in [0.2, 0.25) is 5.95 Å². The Morgan fingerprint density at radius 3 is 2.56 bits per heavy atom. The van der Waals surface area contributed by atoms with Crippen LogP contribution < -0.4 is 9.55 Å². The molecule has 0 saturated heterocycles. The molecule has 0 radical (unpaired) electrons. The van der Waals surface area contributed by atoms with Crippen molar-refractivity contribution in [2.24, 2.45) is 0 Å². The van der Waals surface area contributed by atoms with Crippen LogP contribution in [0.1, 0.15) is 0 Å². The van der Waals surface area contributed by atoms with Crippen molar-refractivity contribution in [1.29, 1.82) is 0 Å². The maximum absolute atomic E-state index is 10.6. The Labute approximate surface area is 102 Å². The molecule has 18 heavy (non-hydrogen) atoms. The highest BCUT2D eigenvalue weighted by molar-refractivity contribution is 5.75. The molecule has 0 bridgehead atoms. The number of pyridine rings is 1. The SMILES string of the molecule is O=[N+]([O-])c1cc[n+](-c2nc3ccccc3[n-]2)cc1. The third-order valence-electron chi connectivity index (χ3n) is 2.58. The highest BCUT2D eigenvalue weighted by Gasteiger charge is 2.07. The summed E-state index contributed by atoms with van der Waals surface area (Å²) in [4.78, 5) is 18.8. The van der Waals surface area contributed by atoms with E-state index in [0.717, 1.165) is 11.0 Å². The lowest BCUT2D eigenvalue weighted by atomic mass is 10.3. The van der Waals surface area contributed by atoms with E-state index >= 15 is 0 Å². The molecule has 0 aliphatic rings. The van der Waals surface area contributed by atoms with E-state index in [1.165, 1.54) is 12.1 Å². The van der Waals surface area contributed by atoms with Crippen molar-refractivity contribution in [1.82, 2.24) is 9.97 Å². The molecule has 0 aliphatic heterocycles. The van der Waals surface area contributed by atoms with Gasteiger partial charge in [-0.1, -0.05) is 12.1 Å². The molecule has 0 unspecified atom stereocenters. The third-order valence-corrected chi connectivity index (χ3v) is 2.58. The quantitative estimate of drug-likeness (QED) is 0.385. The third kappa shape index (κ3) is 1.69. The number of aromatic nitrogens is 3. The van der Waals surface area contributed by atoms with E-state index in [2.05, 4.69) is 9.97 Å². The summed E-state index contributed by atoms with van der Waals surface area (Å²) >= 11 is 0. The van der Waals surface area contributed by atoms with Gasteiger partial charge in [-0.3, -0.25) is 14.7 Å². The van der Waals surface area contributed by atoms with Gasteiger partial charge >= 0.3 is 0 Å². The van der Waals surface area contributed by atoms with Crippen molar-refractivity contribution in [3.05, 3.63) is 58.9 Å². The summed E-state index contributed by atoms with van der Waals surface area (Å²) in [5.41, 5.74) is 1.65. The van der Waals surface area contributed by atoms with Gasteiger partial charge in [-0.25, -0.2) is 9.97 Å².